The quantitative estimate of drug-likeness (QED) is 0.239. The molecule has 0 saturated heterocycles. The Morgan fingerprint density at radius 1 is 1.06 bits per heavy atom. The summed E-state index contributed by atoms with van der Waals surface area (Å²) in [5.74, 6) is 0. The van der Waals surface area contributed by atoms with Crippen molar-refractivity contribution in [2.45, 2.75) is 20.8 Å². The average Bonchev–Trinajstić information content (AvgIpc) is 2.40. The zero-order valence-electron chi connectivity index (χ0n) is 11.9. The fraction of sp³-hybridized carbons (Fsp3) is 0.235. The first-order valence-electron chi connectivity index (χ1n) is 5.29. The highest BCUT2D eigenvalue weighted by molar-refractivity contribution is 14.1. The summed E-state index contributed by atoms with van der Waals surface area (Å²) in [5, 5.41) is 0. The van der Waals surface area contributed by atoms with Crippen molar-refractivity contribution < 1.29 is 0 Å². The molecule has 0 spiro atoms. The minimum atomic E-state index is 1.02. The molecule has 0 N–H and O–H groups in total. The van der Waals surface area contributed by atoms with Gasteiger partial charge in [0.05, 0.1) is 0 Å². The van der Waals surface area contributed by atoms with E-state index in [1.54, 1.807) is 18.2 Å². The van der Waals surface area contributed by atoms with Crippen molar-refractivity contribution in [3.8, 4) is 0 Å². The molecule has 0 unspecified atom stereocenters. The van der Waals surface area contributed by atoms with Crippen LogP contribution in [0.4, 0.5) is 0 Å². The van der Waals surface area contributed by atoms with E-state index in [1.807, 2.05) is 26.8 Å². The van der Waals surface area contributed by atoms with Gasteiger partial charge in [0, 0.05) is 4.43 Å². The van der Waals surface area contributed by atoms with Crippen molar-refractivity contribution in [1.29, 1.82) is 0 Å². The Labute approximate surface area is 127 Å². The van der Waals surface area contributed by atoms with Crippen molar-refractivity contribution in [1.82, 2.24) is 0 Å². The second kappa shape index (κ2) is 36.0. The molecule has 100 valence electrons. The van der Waals surface area contributed by atoms with Crippen LogP contribution in [-0.2, 0) is 0 Å². The summed E-state index contributed by atoms with van der Waals surface area (Å²) in [6.07, 6.45) is 6.92. The fourth-order valence-corrected chi connectivity index (χ4v) is 0.366. The van der Waals surface area contributed by atoms with Crippen LogP contribution in [0.25, 0.3) is 0 Å². The summed E-state index contributed by atoms with van der Waals surface area (Å²) in [5.41, 5.74) is 9.03. The first kappa shape index (κ1) is 25.6. The molecule has 0 amide bonds. The fourth-order valence-electron chi connectivity index (χ4n) is 0.0546. The largest absolute Gasteiger partial charge is 0.133 e. The smallest absolute Gasteiger partial charge is 0.0251 e. The number of allylic oxidation sites excluding steroid dienone is 5. The predicted molar refractivity (Wildman–Crippen MR) is 96.4 cm³/mol. The molecular weight excluding hydrogens is 331 g/mol. The molecule has 0 radical (unpaired) electrons. The van der Waals surface area contributed by atoms with E-state index in [4.69, 9.17) is 0 Å². The molecule has 0 rings (SSSR count). The lowest BCUT2D eigenvalue weighted by molar-refractivity contribution is 1.41. The summed E-state index contributed by atoms with van der Waals surface area (Å²) in [4.78, 5) is 0. The highest BCUT2D eigenvalue weighted by Crippen LogP contribution is 1.77. The molecule has 0 saturated carbocycles. The van der Waals surface area contributed by atoms with Crippen LogP contribution in [0.15, 0.2) is 80.0 Å². The van der Waals surface area contributed by atoms with Gasteiger partial charge in [-0.3, -0.25) is 0 Å². The molecule has 0 aliphatic carbocycles. The molecule has 0 aromatic rings. The van der Waals surface area contributed by atoms with Crippen LogP contribution >= 0.6 is 22.6 Å². The first-order valence-corrected chi connectivity index (χ1v) is 6.82. The first-order chi connectivity index (χ1) is 8.51. The number of hydrogen-bond donors (Lipinski definition) is 0. The van der Waals surface area contributed by atoms with Crippen LogP contribution in [0, 0.1) is 0 Å². The molecule has 18 heavy (non-hydrogen) atoms. The molecule has 0 aliphatic heterocycles. The van der Waals surface area contributed by atoms with Crippen LogP contribution in [0.3, 0.4) is 0 Å². The van der Waals surface area contributed by atoms with Crippen LogP contribution in [0.5, 0.6) is 0 Å². The lowest BCUT2D eigenvalue weighted by Gasteiger charge is -1.67. The van der Waals surface area contributed by atoms with E-state index in [0.29, 0.717) is 0 Å². The highest BCUT2D eigenvalue weighted by Gasteiger charge is 1.57. The van der Waals surface area contributed by atoms with Gasteiger partial charge in [-0.2, -0.15) is 0 Å². The van der Waals surface area contributed by atoms with Gasteiger partial charge in [-0.15, -0.1) is 17.2 Å². The van der Waals surface area contributed by atoms with Gasteiger partial charge in [-0.25, -0.2) is 0 Å². The number of halogens is 1. The van der Waals surface area contributed by atoms with Crippen LogP contribution in [-0.4, -0.2) is 4.43 Å². The molecule has 0 bridgehead atoms. The predicted octanol–water partition coefficient (Wildman–Crippen LogP) is 6.21. The Morgan fingerprint density at radius 3 is 1.39 bits per heavy atom. The minimum absolute atomic E-state index is 1.02. The van der Waals surface area contributed by atoms with Gasteiger partial charge in [-0.05, 0) is 38.5 Å². The van der Waals surface area contributed by atoms with E-state index in [2.05, 4.69) is 72.7 Å². The third kappa shape index (κ3) is 123. The van der Waals surface area contributed by atoms with Gasteiger partial charge in [0.2, 0.25) is 0 Å². The van der Waals surface area contributed by atoms with E-state index < -0.39 is 0 Å². The van der Waals surface area contributed by atoms with E-state index in [1.165, 1.54) is 0 Å². The molecule has 0 aromatic heterocycles. The molecule has 1 heteroatoms. The normalized spacial score (nSPS) is 5.33. The summed E-state index contributed by atoms with van der Waals surface area (Å²) in [6, 6.07) is 0. The third-order valence-corrected chi connectivity index (χ3v) is 1.39. The van der Waals surface area contributed by atoms with Gasteiger partial charge in [0.15, 0.2) is 0 Å². The second-order valence-electron chi connectivity index (χ2n) is 2.70. The van der Waals surface area contributed by atoms with E-state index in [0.717, 1.165) is 10.0 Å². The monoisotopic (exact) mass is 356 g/mol. The molecule has 0 fully saturated rings. The van der Waals surface area contributed by atoms with Gasteiger partial charge in [0.25, 0.3) is 0 Å². The molecule has 0 atom stereocenters. The average molecular weight is 356 g/mol. The van der Waals surface area contributed by atoms with Crippen molar-refractivity contribution in [2.24, 2.45) is 0 Å². The second-order valence-corrected chi connectivity index (χ2v) is 3.58. The SMILES string of the molecule is C=C=C(C)C.C=C=CC.C=C=CCI.C=CC=C. The van der Waals surface area contributed by atoms with Gasteiger partial charge >= 0.3 is 0 Å². The molecule has 0 heterocycles. The highest BCUT2D eigenvalue weighted by atomic mass is 127. The molecular formula is C17H25I. The van der Waals surface area contributed by atoms with Crippen LogP contribution in [0.2, 0.25) is 0 Å². The maximum absolute atomic E-state index is 3.40. The molecule has 0 aromatic carbocycles. The Bertz CT molecular complexity index is 306. The zero-order valence-corrected chi connectivity index (χ0v) is 14.1. The molecule has 0 nitrogen and oxygen atoms in total. The lowest BCUT2D eigenvalue weighted by atomic mass is 10.4. The maximum atomic E-state index is 3.40. The number of hydrogen-bond acceptors (Lipinski definition) is 0. The van der Waals surface area contributed by atoms with Crippen molar-refractivity contribution in [3.63, 3.8) is 0 Å². The summed E-state index contributed by atoms with van der Waals surface area (Å²) in [7, 11) is 0. The van der Waals surface area contributed by atoms with Crippen LogP contribution in [0.1, 0.15) is 20.8 Å². The summed E-state index contributed by atoms with van der Waals surface area (Å²) in [6.45, 7) is 22.6. The zero-order chi connectivity index (χ0) is 15.2. The standard InChI is InChI=1S/C5H8.C4H5I.2C4H6/c1-4-5(2)3;1-2-3-4-5;2*1-3-4-2/h1H2,2-3H3;3H,1,4H2;4H,1H2,2H3;3-4H,1-2H2. The van der Waals surface area contributed by atoms with E-state index in [-0.39, 0.29) is 0 Å². The Balaban J connectivity index is -0.0000000731. The topological polar surface area (TPSA) is 0 Å². The lowest BCUT2D eigenvalue weighted by Crippen LogP contribution is -1.47. The molecule has 0 aliphatic rings. The van der Waals surface area contributed by atoms with E-state index >= 15 is 0 Å². The Hall–Kier alpha value is -1.23. The van der Waals surface area contributed by atoms with Crippen molar-refractivity contribution >= 4 is 22.6 Å². The van der Waals surface area contributed by atoms with Crippen LogP contribution < -0.4 is 0 Å². The minimum Gasteiger partial charge on any atom is -0.133 e. The van der Waals surface area contributed by atoms with Gasteiger partial charge in [0.1, 0.15) is 0 Å². The van der Waals surface area contributed by atoms with Crippen molar-refractivity contribution in [2.75, 3.05) is 4.43 Å². The summed E-state index contributed by atoms with van der Waals surface area (Å²) < 4.78 is 1.02. The Morgan fingerprint density at radius 2 is 1.39 bits per heavy atom. The van der Waals surface area contributed by atoms with Gasteiger partial charge < -0.3 is 0 Å². The Kier molecular flexibility index (Phi) is 51.2. The van der Waals surface area contributed by atoms with Gasteiger partial charge in [-0.1, -0.05) is 67.6 Å². The van der Waals surface area contributed by atoms with Crippen molar-refractivity contribution in [3.05, 3.63) is 80.0 Å². The third-order valence-electron chi connectivity index (χ3n) is 0.946. The maximum Gasteiger partial charge on any atom is 0.0251 e. The number of alkyl halides is 1. The number of rotatable bonds is 2. The summed E-state index contributed by atoms with van der Waals surface area (Å²) >= 11 is 2.23. The van der Waals surface area contributed by atoms with E-state index in [9.17, 15) is 0 Å².